The van der Waals surface area contributed by atoms with Gasteiger partial charge in [0.1, 0.15) is 5.75 Å². The van der Waals surface area contributed by atoms with Gasteiger partial charge in [0.25, 0.3) is 0 Å². The molecular formula is C16H25LiN2O2. The van der Waals surface area contributed by atoms with Crippen molar-refractivity contribution in [2.45, 2.75) is 12.6 Å². The molecule has 0 aromatic heterocycles. The summed E-state index contributed by atoms with van der Waals surface area (Å²) in [6.45, 7) is 5.34. The predicted octanol–water partition coefficient (Wildman–Crippen LogP) is -1.72. The number of methoxy groups -OCH3 is 1. The summed E-state index contributed by atoms with van der Waals surface area (Å²) >= 11 is 0. The number of benzene rings is 1. The minimum Gasteiger partial charge on any atom is -0.837 e. The van der Waals surface area contributed by atoms with Crippen LogP contribution in [0.4, 0.5) is 0 Å². The van der Waals surface area contributed by atoms with Crippen molar-refractivity contribution >= 4 is 0 Å². The second kappa shape index (κ2) is 10.0. The summed E-state index contributed by atoms with van der Waals surface area (Å²) in [5.41, 5.74) is 1.70. The Morgan fingerprint density at radius 1 is 1.29 bits per heavy atom. The normalized spacial score (nSPS) is 12.1. The maximum Gasteiger partial charge on any atom is 1.00 e. The Morgan fingerprint density at radius 3 is 2.48 bits per heavy atom. The van der Waals surface area contributed by atoms with Crippen LogP contribution in [0.3, 0.4) is 0 Å². The second-order valence-electron chi connectivity index (χ2n) is 5.16. The SMILES string of the molecule is C=CCc1c(OC)cccc1C([O-])N(C)CCN(C)C.[Li+]. The Balaban J connectivity index is 0.00000400. The van der Waals surface area contributed by atoms with Gasteiger partial charge in [-0.1, -0.05) is 18.2 Å². The number of allylic oxidation sites excluding steroid dienone is 1. The van der Waals surface area contributed by atoms with E-state index in [-0.39, 0.29) is 18.9 Å². The van der Waals surface area contributed by atoms with E-state index in [2.05, 4.69) is 11.5 Å². The number of ether oxygens (including phenoxy) is 1. The number of nitrogens with zero attached hydrogens (tertiary/aromatic N) is 2. The van der Waals surface area contributed by atoms with Crippen LogP contribution in [0.1, 0.15) is 17.4 Å². The fourth-order valence-corrected chi connectivity index (χ4v) is 2.08. The van der Waals surface area contributed by atoms with Gasteiger partial charge in [0.2, 0.25) is 0 Å². The predicted molar refractivity (Wildman–Crippen MR) is 80.8 cm³/mol. The van der Waals surface area contributed by atoms with Gasteiger partial charge >= 0.3 is 18.9 Å². The van der Waals surface area contributed by atoms with E-state index >= 15 is 0 Å². The second-order valence-corrected chi connectivity index (χ2v) is 5.16. The van der Waals surface area contributed by atoms with Crippen LogP contribution in [0.5, 0.6) is 5.75 Å². The average Bonchev–Trinajstić information content (AvgIpc) is 2.44. The third kappa shape index (κ3) is 5.86. The molecule has 5 heteroatoms. The fraction of sp³-hybridized carbons (Fsp3) is 0.500. The molecule has 0 bridgehead atoms. The van der Waals surface area contributed by atoms with E-state index in [0.717, 1.165) is 30.0 Å². The topological polar surface area (TPSA) is 38.8 Å². The van der Waals surface area contributed by atoms with E-state index in [1.807, 2.05) is 44.2 Å². The van der Waals surface area contributed by atoms with Crippen molar-refractivity contribution in [1.29, 1.82) is 0 Å². The standard InChI is InChI=1S/C16H25N2O2.Li/c1-6-8-13-14(9-7-10-15(13)20-5)16(19)18(4)12-11-17(2)3;/h6-7,9-10,16H,1,8,11-12H2,2-5H3;/q-1;+1. The molecule has 112 valence electrons. The molecule has 0 saturated carbocycles. The van der Waals surface area contributed by atoms with Gasteiger partial charge in [-0.15, -0.1) is 6.58 Å². The molecule has 1 aromatic rings. The number of hydrogen-bond acceptors (Lipinski definition) is 4. The molecule has 0 fully saturated rings. The molecule has 0 radical (unpaired) electrons. The third-order valence-corrected chi connectivity index (χ3v) is 3.30. The van der Waals surface area contributed by atoms with Crippen molar-refractivity contribution in [3.63, 3.8) is 0 Å². The summed E-state index contributed by atoms with van der Waals surface area (Å²) in [6, 6.07) is 5.63. The van der Waals surface area contributed by atoms with Crippen LogP contribution in [0.25, 0.3) is 0 Å². The van der Waals surface area contributed by atoms with Gasteiger partial charge in [-0.3, -0.25) is 0 Å². The van der Waals surface area contributed by atoms with Crippen LogP contribution in [-0.2, 0) is 6.42 Å². The van der Waals surface area contributed by atoms with Gasteiger partial charge < -0.3 is 19.6 Å². The maximum atomic E-state index is 12.6. The molecule has 1 atom stereocenters. The van der Waals surface area contributed by atoms with Crippen LogP contribution < -0.4 is 28.7 Å². The molecule has 0 aliphatic rings. The zero-order chi connectivity index (χ0) is 15.1. The first-order valence-corrected chi connectivity index (χ1v) is 6.78. The molecule has 21 heavy (non-hydrogen) atoms. The first kappa shape index (κ1) is 20.2. The quantitative estimate of drug-likeness (QED) is 0.323. The number of hydrogen-bond donors (Lipinski definition) is 0. The Labute approximate surface area is 140 Å². The number of rotatable bonds is 8. The molecule has 0 aliphatic heterocycles. The van der Waals surface area contributed by atoms with E-state index in [4.69, 9.17) is 4.74 Å². The first-order valence-electron chi connectivity index (χ1n) is 6.78. The Kier molecular flexibility index (Phi) is 9.68. The summed E-state index contributed by atoms with van der Waals surface area (Å²) < 4.78 is 5.35. The van der Waals surface area contributed by atoms with E-state index in [9.17, 15) is 5.11 Å². The molecule has 0 spiro atoms. The van der Waals surface area contributed by atoms with Crippen molar-refractivity contribution in [1.82, 2.24) is 9.80 Å². The van der Waals surface area contributed by atoms with Gasteiger partial charge in [-0.25, -0.2) is 0 Å². The van der Waals surface area contributed by atoms with Crippen molar-refractivity contribution in [2.75, 3.05) is 41.3 Å². The Hall–Kier alpha value is -0.763. The van der Waals surface area contributed by atoms with E-state index in [0.29, 0.717) is 6.42 Å². The molecule has 1 rings (SSSR count). The number of likely N-dealkylation sites (N-methyl/N-ethyl adjacent to an activating group) is 2. The van der Waals surface area contributed by atoms with Crippen LogP contribution in [0.2, 0.25) is 0 Å². The molecule has 0 amide bonds. The minimum atomic E-state index is -0.889. The Morgan fingerprint density at radius 2 is 1.95 bits per heavy atom. The molecule has 0 saturated heterocycles. The van der Waals surface area contributed by atoms with E-state index in [1.165, 1.54) is 0 Å². The molecule has 1 unspecified atom stereocenters. The monoisotopic (exact) mass is 284 g/mol. The summed E-state index contributed by atoms with van der Waals surface area (Å²) in [5, 5.41) is 12.6. The summed E-state index contributed by atoms with van der Waals surface area (Å²) in [4.78, 5) is 3.89. The van der Waals surface area contributed by atoms with Gasteiger partial charge in [0.05, 0.1) is 7.11 Å². The van der Waals surface area contributed by atoms with Crippen molar-refractivity contribution < 1.29 is 28.7 Å². The zero-order valence-corrected chi connectivity index (χ0v) is 13.9. The van der Waals surface area contributed by atoms with Crippen LogP contribution >= 0.6 is 0 Å². The third-order valence-electron chi connectivity index (χ3n) is 3.30. The van der Waals surface area contributed by atoms with Crippen LogP contribution in [0, 0.1) is 0 Å². The van der Waals surface area contributed by atoms with E-state index < -0.39 is 6.23 Å². The van der Waals surface area contributed by atoms with Gasteiger partial charge in [0, 0.05) is 18.7 Å². The molecule has 0 heterocycles. The minimum absolute atomic E-state index is 0. The molecule has 1 aromatic carbocycles. The van der Waals surface area contributed by atoms with Crippen molar-refractivity contribution in [3.05, 3.63) is 42.0 Å². The van der Waals surface area contributed by atoms with Crippen molar-refractivity contribution in [3.8, 4) is 5.75 Å². The summed E-state index contributed by atoms with van der Waals surface area (Å²) in [5.74, 6) is 0.754. The summed E-state index contributed by atoms with van der Waals surface area (Å²) in [6.07, 6.45) is 1.55. The van der Waals surface area contributed by atoms with Crippen LogP contribution in [0.15, 0.2) is 30.9 Å². The van der Waals surface area contributed by atoms with Crippen molar-refractivity contribution in [2.24, 2.45) is 0 Å². The zero-order valence-electron chi connectivity index (χ0n) is 13.9. The first-order chi connectivity index (χ1) is 9.51. The smallest absolute Gasteiger partial charge is 0.837 e. The van der Waals surface area contributed by atoms with Crippen LogP contribution in [-0.4, -0.2) is 51.1 Å². The molecule has 4 nitrogen and oxygen atoms in total. The fourth-order valence-electron chi connectivity index (χ4n) is 2.08. The maximum absolute atomic E-state index is 12.6. The van der Waals surface area contributed by atoms with Gasteiger partial charge in [-0.2, -0.15) is 0 Å². The molecular weight excluding hydrogens is 259 g/mol. The van der Waals surface area contributed by atoms with Gasteiger partial charge in [0.15, 0.2) is 0 Å². The molecule has 0 aliphatic carbocycles. The van der Waals surface area contributed by atoms with E-state index in [1.54, 1.807) is 13.2 Å². The van der Waals surface area contributed by atoms with Gasteiger partial charge in [-0.05, 0) is 45.4 Å². The Bertz CT molecular complexity index is 438. The summed E-state index contributed by atoms with van der Waals surface area (Å²) in [7, 11) is 7.49. The average molecular weight is 284 g/mol. The molecule has 0 N–H and O–H groups in total. The largest absolute Gasteiger partial charge is 1.00 e.